The summed E-state index contributed by atoms with van der Waals surface area (Å²) in [6.07, 6.45) is 2.23. The second-order valence-electron chi connectivity index (χ2n) is 5.21. The van der Waals surface area contributed by atoms with Crippen LogP contribution >= 0.6 is 11.6 Å². The highest BCUT2D eigenvalue weighted by atomic mass is 35.5. The fourth-order valence-electron chi connectivity index (χ4n) is 2.02. The molecule has 0 amide bonds. The minimum Gasteiger partial charge on any atom is -0.476 e. The Hall–Kier alpha value is -2.18. The first-order valence-electron chi connectivity index (χ1n) is 7.12. The van der Waals surface area contributed by atoms with E-state index >= 15 is 0 Å². The number of carboxylic acid groups (broad SMARTS) is 1. The van der Waals surface area contributed by atoms with E-state index in [-0.39, 0.29) is 11.7 Å². The molecule has 0 saturated heterocycles. The molecular weight excluding hydrogens is 318 g/mol. The van der Waals surface area contributed by atoms with E-state index in [4.69, 9.17) is 16.3 Å². The number of nitrogens with zero attached hydrogens (tertiary/aromatic N) is 3. The van der Waals surface area contributed by atoms with Crippen molar-refractivity contribution in [3.8, 4) is 17.1 Å². The van der Waals surface area contributed by atoms with Crippen molar-refractivity contribution in [3.63, 3.8) is 0 Å². The predicted molar refractivity (Wildman–Crippen MR) is 88.1 cm³/mol. The molecule has 1 aromatic carbocycles. The molecule has 1 aromatic heterocycles. The predicted octanol–water partition coefficient (Wildman–Crippen LogP) is 2.83. The standard InChI is InChI=1S/C16H18ClN3O3/c1-20(2)8-5-9-23-16-18-10-12(14(19-16)15(21)22)11-6-3-4-7-13(11)17/h3-4,6-7,10H,5,8-9H2,1-2H3,(H,21,22). The summed E-state index contributed by atoms with van der Waals surface area (Å²) in [7, 11) is 3.94. The Balaban J connectivity index is 2.22. The quantitative estimate of drug-likeness (QED) is 0.784. The number of aromatic nitrogens is 2. The number of rotatable bonds is 7. The zero-order chi connectivity index (χ0) is 16.8. The van der Waals surface area contributed by atoms with Gasteiger partial charge in [0, 0.05) is 28.9 Å². The molecule has 0 saturated carbocycles. The third-order valence-corrected chi connectivity index (χ3v) is 3.44. The minimum absolute atomic E-state index is 0.0527. The van der Waals surface area contributed by atoms with Crippen LogP contribution in [0.2, 0.25) is 5.02 Å². The number of carboxylic acids is 1. The van der Waals surface area contributed by atoms with Crippen LogP contribution in [-0.2, 0) is 0 Å². The van der Waals surface area contributed by atoms with E-state index in [9.17, 15) is 9.90 Å². The molecule has 0 bridgehead atoms. The molecular formula is C16H18ClN3O3. The summed E-state index contributed by atoms with van der Waals surface area (Å²) in [5.74, 6) is -1.15. The van der Waals surface area contributed by atoms with E-state index in [0.29, 0.717) is 22.8 Å². The second kappa shape index (κ2) is 7.89. The lowest BCUT2D eigenvalue weighted by molar-refractivity contribution is 0.0689. The molecule has 0 aliphatic heterocycles. The molecule has 0 atom stereocenters. The molecule has 2 rings (SSSR count). The third-order valence-electron chi connectivity index (χ3n) is 3.11. The Morgan fingerprint density at radius 3 is 2.70 bits per heavy atom. The van der Waals surface area contributed by atoms with Crippen LogP contribution in [0.1, 0.15) is 16.9 Å². The Kier molecular flexibility index (Phi) is 5.90. The lowest BCUT2D eigenvalue weighted by Gasteiger charge is -2.11. The molecule has 122 valence electrons. The van der Waals surface area contributed by atoms with Gasteiger partial charge >= 0.3 is 12.0 Å². The molecule has 0 aliphatic carbocycles. The van der Waals surface area contributed by atoms with Crippen LogP contribution in [-0.4, -0.2) is 53.2 Å². The number of hydrogen-bond acceptors (Lipinski definition) is 5. The van der Waals surface area contributed by atoms with Gasteiger partial charge in [-0.15, -0.1) is 0 Å². The highest BCUT2D eigenvalue weighted by molar-refractivity contribution is 6.33. The first-order chi connectivity index (χ1) is 11.0. The summed E-state index contributed by atoms with van der Waals surface area (Å²) in [4.78, 5) is 21.6. The van der Waals surface area contributed by atoms with Gasteiger partial charge in [-0.05, 0) is 26.6 Å². The number of hydrogen-bond donors (Lipinski definition) is 1. The third kappa shape index (κ3) is 4.64. The Labute approximate surface area is 139 Å². The Morgan fingerprint density at radius 2 is 2.04 bits per heavy atom. The second-order valence-corrected chi connectivity index (χ2v) is 5.61. The zero-order valence-corrected chi connectivity index (χ0v) is 13.7. The number of halogens is 1. The molecule has 0 unspecified atom stereocenters. The van der Waals surface area contributed by atoms with Crippen molar-refractivity contribution in [2.24, 2.45) is 0 Å². The summed E-state index contributed by atoms with van der Waals surface area (Å²) in [5, 5.41) is 9.83. The fourth-order valence-corrected chi connectivity index (χ4v) is 2.26. The van der Waals surface area contributed by atoms with Gasteiger partial charge in [0.15, 0.2) is 5.69 Å². The van der Waals surface area contributed by atoms with Crippen LogP contribution in [0.25, 0.3) is 11.1 Å². The summed E-state index contributed by atoms with van der Waals surface area (Å²) in [6, 6.07) is 7.02. The van der Waals surface area contributed by atoms with Crippen LogP contribution < -0.4 is 4.74 Å². The largest absolute Gasteiger partial charge is 0.476 e. The van der Waals surface area contributed by atoms with Crippen molar-refractivity contribution in [1.29, 1.82) is 0 Å². The number of carbonyl (C=O) groups is 1. The smallest absolute Gasteiger partial charge is 0.355 e. The van der Waals surface area contributed by atoms with Gasteiger partial charge in [-0.2, -0.15) is 4.98 Å². The topological polar surface area (TPSA) is 75.5 Å². The highest BCUT2D eigenvalue weighted by Gasteiger charge is 2.18. The monoisotopic (exact) mass is 335 g/mol. The molecule has 6 nitrogen and oxygen atoms in total. The molecule has 23 heavy (non-hydrogen) atoms. The SMILES string of the molecule is CN(C)CCCOc1ncc(-c2ccccc2Cl)c(C(=O)O)n1. The van der Waals surface area contributed by atoms with Crippen LogP contribution in [0.4, 0.5) is 0 Å². The average Bonchev–Trinajstić information content (AvgIpc) is 2.52. The van der Waals surface area contributed by atoms with Gasteiger partial charge in [-0.25, -0.2) is 9.78 Å². The average molecular weight is 336 g/mol. The fraction of sp³-hybridized carbons (Fsp3) is 0.312. The first kappa shape index (κ1) is 17.2. The molecule has 1 N–H and O–H groups in total. The van der Waals surface area contributed by atoms with Crippen LogP contribution in [0.5, 0.6) is 6.01 Å². The highest BCUT2D eigenvalue weighted by Crippen LogP contribution is 2.29. The van der Waals surface area contributed by atoms with E-state index in [0.717, 1.165) is 13.0 Å². The maximum absolute atomic E-state index is 11.5. The number of aromatic carboxylic acids is 1. The number of ether oxygens (including phenoxy) is 1. The molecule has 0 aliphatic rings. The maximum Gasteiger partial charge on any atom is 0.355 e. The van der Waals surface area contributed by atoms with E-state index in [1.165, 1.54) is 6.20 Å². The van der Waals surface area contributed by atoms with Crippen LogP contribution in [0.3, 0.4) is 0 Å². The summed E-state index contributed by atoms with van der Waals surface area (Å²) in [5.41, 5.74) is 0.810. The van der Waals surface area contributed by atoms with Gasteiger partial charge in [0.25, 0.3) is 0 Å². The lowest BCUT2D eigenvalue weighted by atomic mass is 10.1. The van der Waals surface area contributed by atoms with Gasteiger partial charge < -0.3 is 14.7 Å². The van der Waals surface area contributed by atoms with Crippen LogP contribution in [0, 0.1) is 0 Å². The molecule has 0 fully saturated rings. The minimum atomic E-state index is -1.15. The first-order valence-corrected chi connectivity index (χ1v) is 7.49. The summed E-state index contributed by atoms with van der Waals surface area (Å²) >= 11 is 6.12. The molecule has 2 aromatic rings. The Bertz CT molecular complexity index is 692. The van der Waals surface area contributed by atoms with E-state index in [1.54, 1.807) is 24.3 Å². The van der Waals surface area contributed by atoms with Crippen molar-refractivity contribution >= 4 is 17.6 Å². The van der Waals surface area contributed by atoms with Crippen molar-refractivity contribution in [1.82, 2.24) is 14.9 Å². The summed E-state index contributed by atoms with van der Waals surface area (Å²) in [6.45, 7) is 1.28. The van der Waals surface area contributed by atoms with Crippen molar-refractivity contribution in [3.05, 3.63) is 41.2 Å². The van der Waals surface area contributed by atoms with E-state index < -0.39 is 5.97 Å². The summed E-state index contributed by atoms with van der Waals surface area (Å²) < 4.78 is 5.42. The molecule has 1 heterocycles. The van der Waals surface area contributed by atoms with Crippen LogP contribution in [0.15, 0.2) is 30.5 Å². The number of benzene rings is 1. The lowest BCUT2D eigenvalue weighted by Crippen LogP contribution is -2.16. The maximum atomic E-state index is 11.5. The zero-order valence-electron chi connectivity index (χ0n) is 13.0. The van der Waals surface area contributed by atoms with Gasteiger partial charge in [0.1, 0.15) is 0 Å². The van der Waals surface area contributed by atoms with Crippen molar-refractivity contribution < 1.29 is 14.6 Å². The van der Waals surface area contributed by atoms with Gasteiger partial charge in [-0.1, -0.05) is 29.8 Å². The molecule has 0 spiro atoms. The van der Waals surface area contributed by atoms with E-state index in [2.05, 4.69) is 9.97 Å². The van der Waals surface area contributed by atoms with Crippen molar-refractivity contribution in [2.75, 3.05) is 27.2 Å². The van der Waals surface area contributed by atoms with Gasteiger partial charge in [0.05, 0.1) is 6.61 Å². The molecule has 7 heteroatoms. The Morgan fingerprint density at radius 1 is 1.30 bits per heavy atom. The normalized spacial score (nSPS) is 10.8. The molecule has 0 radical (unpaired) electrons. The van der Waals surface area contributed by atoms with E-state index in [1.807, 2.05) is 19.0 Å². The van der Waals surface area contributed by atoms with Gasteiger partial charge in [-0.3, -0.25) is 0 Å². The van der Waals surface area contributed by atoms with Crippen molar-refractivity contribution in [2.45, 2.75) is 6.42 Å². The van der Waals surface area contributed by atoms with Gasteiger partial charge in [0.2, 0.25) is 0 Å².